The van der Waals surface area contributed by atoms with Crippen molar-refractivity contribution >= 4 is 41.0 Å². The summed E-state index contributed by atoms with van der Waals surface area (Å²) in [7, 11) is 0. The summed E-state index contributed by atoms with van der Waals surface area (Å²) >= 11 is 6.46. The van der Waals surface area contributed by atoms with Gasteiger partial charge in [-0.15, -0.1) is 0 Å². The van der Waals surface area contributed by atoms with Crippen LogP contribution in [0.3, 0.4) is 0 Å². The lowest BCUT2D eigenvalue weighted by Gasteiger charge is -2.07. The molecule has 3 N–H and O–H groups in total. The predicted octanol–water partition coefficient (Wildman–Crippen LogP) is 4.30. The number of nitrogens with zero attached hydrogens (tertiary/aromatic N) is 1. The summed E-state index contributed by atoms with van der Waals surface area (Å²) in [4.78, 5) is 12.7. The van der Waals surface area contributed by atoms with Crippen LogP contribution in [0, 0.1) is 9.77 Å². The molecule has 0 bridgehead atoms. The Balaban J connectivity index is 1.85. The van der Waals surface area contributed by atoms with Gasteiger partial charge in [0.25, 0.3) is 5.91 Å². The Morgan fingerprint density at radius 2 is 1.96 bits per heavy atom. The second-order valence-corrected chi connectivity index (χ2v) is 6.76. The maximum atomic E-state index is 13.2. The van der Waals surface area contributed by atoms with E-state index in [0.717, 1.165) is 16.9 Å². The molecule has 0 aliphatic carbocycles. The molecule has 0 unspecified atom stereocenters. The quantitative estimate of drug-likeness (QED) is 0.683. The van der Waals surface area contributed by atoms with E-state index in [1.54, 1.807) is 10.6 Å². The number of rotatable bonds is 4. The number of amides is 1. The van der Waals surface area contributed by atoms with Crippen LogP contribution in [0.5, 0.6) is 0 Å². The Morgan fingerprint density at radius 3 is 2.67 bits per heavy atom. The number of nitrogens with one attached hydrogen (secondary N) is 1. The Labute approximate surface area is 147 Å². The van der Waals surface area contributed by atoms with Crippen LogP contribution in [0.2, 0.25) is 0 Å². The predicted molar refractivity (Wildman–Crippen MR) is 97.5 cm³/mol. The second-order valence-electron chi connectivity index (χ2n) is 5.12. The van der Waals surface area contributed by atoms with E-state index in [0.29, 0.717) is 26.9 Å². The first-order valence-electron chi connectivity index (χ1n) is 7.14. The third kappa shape index (κ3) is 3.52. The van der Waals surface area contributed by atoms with E-state index >= 15 is 0 Å². The van der Waals surface area contributed by atoms with Crippen LogP contribution >= 0.6 is 23.6 Å². The second kappa shape index (κ2) is 6.94. The highest BCUT2D eigenvalue weighted by atomic mass is 32.1. The van der Waals surface area contributed by atoms with Gasteiger partial charge in [0.2, 0.25) is 0 Å². The van der Waals surface area contributed by atoms with Gasteiger partial charge in [-0.05, 0) is 36.0 Å². The van der Waals surface area contributed by atoms with Gasteiger partial charge in [-0.1, -0.05) is 47.7 Å². The number of thiazole rings is 1. The van der Waals surface area contributed by atoms with Crippen molar-refractivity contribution in [2.45, 2.75) is 6.54 Å². The van der Waals surface area contributed by atoms with Crippen LogP contribution in [0.1, 0.15) is 15.2 Å². The maximum absolute atomic E-state index is 13.2. The van der Waals surface area contributed by atoms with Crippen LogP contribution in [0.4, 0.5) is 15.9 Å². The van der Waals surface area contributed by atoms with Crippen molar-refractivity contribution in [3.8, 4) is 0 Å². The fourth-order valence-corrected chi connectivity index (χ4v) is 3.47. The summed E-state index contributed by atoms with van der Waals surface area (Å²) in [6, 6.07) is 15.4. The fourth-order valence-electron chi connectivity index (χ4n) is 2.25. The summed E-state index contributed by atoms with van der Waals surface area (Å²) in [6.45, 7) is 0.495. The lowest BCUT2D eigenvalue weighted by molar-refractivity contribution is 0.103. The zero-order valence-electron chi connectivity index (χ0n) is 12.5. The molecular formula is C17H14FN3OS2. The molecule has 3 aromatic rings. The molecule has 0 aliphatic heterocycles. The minimum Gasteiger partial charge on any atom is -0.384 e. The number of halogens is 1. The van der Waals surface area contributed by atoms with Gasteiger partial charge in [-0.25, -0.2) is 4.39 Å². The molecule has 0 fully saturated rings. The van der Waals surface area contributed by atoms with Crippen molar-refractivity contribution in [3.05, 3.63) is 74.8 Å². The molecule has 0 aliphatic rings. The molecule has 4 nitrogen and oxygen atoms in total. The number of carbonyl (C=O) groups excluding carboxylic acids is 1. The molecule has 122 valence electrons. The third-order valence-electron chi connectivity index (χ3n) is 3.41. The summed E-state index contributed by atoms with van der Waals surface area (Å²) < 4.78 is 15.4. The Morgan fingerprint density at radius 1 is 1.21 bits per heavy atom. The Kier molecular flexibility index (Phi) is 4.73. The topological polar surface area (TPSA) is 60.1 Å². The monoisotopic (exact) mass is 359 g/mol. The number of hydrogen-bond donors (Lipinski definition) is 2. The molecule has 0 radical (unpaired) electrons. The van der Waals surface area contributed by atoms with E-state index in [1.165, 1.54) is 18.2 Å². The van der Waals surface area contributed by atoms with E-state index in [-0.39, 0.29) is 0 Å². The highest BCUT2D eigenvalue weighted by Gasteiger charge is 2.17. The summed E-state index contributed by atoms with van der Waals surface area (Å²) in [5.41, 5.74) is 7.51. The molecule has 0 spiro atoms. The molecule has 24 heavy (non-hydrogen) atoms. The van der Waals surface area contributed by atoms with Crippen molar-refractivity contribution in [1.82, 2.24) is 4.57 Å². The number of hydrogen-bond acceptors (Lipinski definition) is 4. The van der Waals surface area contributed by atoms with Crippen LogP contribution in [0.15, 0.2) is 54.6 Å². The van der Waals surface area contributed by atoms with Crippen LogP contribution in [0.25, 0.3) is 0 Å². The van der Waals surface area contributed by atoms with Crippen molar-refractivity contribution in [2.75, 3.05) is 11.1 Å². The van der Waals surface area contributed by atoms with E-state index in [4.69, 9.17) is 18.0 Å². The molecule has 1 heterocycles. The fraction of sp³-hybridized carbons (Fsp3) is 0.0588. The molecule has 1 aromatic heterocycles. The highest BCUT2D eigenvalue weighted by Crippen LogP contribution is 2.24. The SMILES string of the molecule is Nc1c(C(=O)Nc2cccc(F)c2)sc(=S)n1Cc1ccccc1. The first-order valence-corrected chi connectivity index (χ1v) is 8.37. The average molecular weight is 359 g/mol. The molecule has 1 amide bonds. The lowest BCUT2D eigenvalue weighted by atomic mass is 10.2. The van der Waals surface area contributed by atoms with Crippen LogP contribution in [-0.2, 0) is 6.54 Å². The molecule has 2 aromatic carbocycles. The van der Waals surface area contributed by atoms with Gasteiger partial charge in [-0.2, -0.15) is 0 Å². The maximum Gasteiger partial charge on any atom is 0.269 e. The summed E-state index contributed by atoms with van der Waals surface area (Å²) in [5, 5.41) is 2.64. The number of nitrogen functional groups attached to an aromatic ring is 1. The minimum atomic E-state index is -0.421. The zero-order valence-corrected chi connectivity index (χ0v) is 14.2. The molecule has 0 atom stereocenters. The van der Waals surface area contributed by atoms with E-state index < -0.39 is 11.7 Å². The molecular weight excluding hydrogens is 345 g/mol. The van der Waals surface area contributed by atoms with Gasteiger partial charge in [0.05, 0.1) is 6.54 Å². The number of carbonyl (C=O) groups is 1. The number of nitrogens with two attached hydrogens (primary N) is 1. The van der Waals surface area contributed by atoms with Gasteiger partial charge >= 0.3 is 0 Å². The molecule has 0 saturated heterocycles. The Bertz CT molecular complexity index is 935. The van der Waals surface area contributed by atoms with Crippen molar-refractivity contribution in [3.63, 3.8) is 0 Å². The summed E-state index contributed by atoms with van der Waals surface area (Å²) in [5.74, 6) is -0.515. The normalized spacial score (nSPS) is 10.5. The first-order chi connectivity index (χ1) is 11.5. The molecule has 7 heteroatoms. The standard InChI is InChI=1S/C17H14FN3OS2/c18-12-7-4-8-13(9-12)20-16(22)14-15(19)21(17(23)24-14)10-11-5-2-1-3-6-11/h1-9H,10,19H2,(H,20,22). The van der Waals surface area contributed by atoms with Gasteiger partial charge in [0.15, 0.2) is 3.95 Å². The van der Waals surface area contributed by atoms with Gasteiger partial charge in [0.1, 0.15) is 16.5 Å². The summed E-state index contributed by atoms with van der Waals surface area (Å²) in [6.07, 6.45) is 0. The van der Waals surface area contributed by atoms with Gasteiger partial charge < -0.3 is 15.6 Å². The minimum absolute atomic E-state index is 0.308. The van der Waals surface area contributed by atoms with E-state index in [9.17, 15) is 9.18 Å². The van der Waals surface area contributed by atoms with Gasteiger partial charge in [0, 0.05) is 5.69 Å². The van der Waals surface area contributed by atoms with Crippen molar-refractivity contribution in [2.24, 2.45) is 0 Å². The van der Waals surface area contributed by atoms with E-state index in [2.05, 4.69) is 5.32 Å². The molecule has 0 saturated carbocycles. The highest BCUT2D eigenvalue weighted by molar-refractivity contribution is 7.73. The number of benzene rings is 2. The number of aromatic nitrogens is 1. The largest absolute Gasteiger partial charge is 0.384 e. The lowest BCUT2D eigenvalue weighted by Crippen LogP contribution is -2.14. The smallest absolute Gasteiger partial charge is 0.269 e. The van der Waals surface area contributed by atoms with Crippen LogP contribution in [-0.4, -0.2) is 10.5 Å². The first kappa shape index (κ1) is 16.4. The Hall–Kier alpha value is -2.51. The van der Waals surface area contributed by atoms with Crippen molar-refractivity contribution in [1.29, 1.82) is 0 Å². The van der Waals surface area contributed by atoms with Gasteiger partial charge in [-0.3, -0.25) is 4.79 Å². The zero-order chi connectivity index (χ0) is 17.1. The van der Waals surface area contributed by atoms with Crippen LogP contribution < -0.4 is 11.1 Å². The van der Waals surface area contributed by atoms with Crippen molar-refractivity contribution < 1.29 is 9.18 Å². The molecule has 3 rings (SSSR count). The number of anilines is 2. The average Bonchev–Trinajstić information content (AvgIpc) is 2.84. The van der Waals surface area contributed by atoms with E-state index in [1.807, 2.05) is 30.3 Å². The third-order valence-corrected chi connectivity index (χ3v) is 4.87.